The lowest BCUT2D eigenvalue weighted by Crippen LogP contribution is -2.49. The fourth-order valence-corrected chi connectivity index (χ4v) is 5.51. The van der Waals surface area contributed by atoms with E-state index in [4.69, 9.17) is 4.74 Å². The Balaban J connectivity index is 1.18. The van der Waals surface area contributed by atoms with Crippen molar-refractivity contribution < 1.29 is 14.6 Å². The summed E-state index contributed by atoms with van der Waals surface area (Å²) in [5, 5.41) is 13.5. The number of carbonyl (C=O) groups excluding carboxylic acids is 1. The molecule has 0 spiro atoms. The number of fused-ring (bicyclic) bond motifs is 1. The number of piperidine rings is 1. The highest BCUT2D eigenvalue weighted by Gasteiger charge is 2.50. The Morgan fingerprint density at radius 2 is 2.13 bits per heavy atom. The number of β-amino-alcohol motifs (C(OH)–C–C–N with tert-alkyl or cyclic N) is 1. The third-order valence-corrected chi connectivity index (χ3v) is 7.55. The second-order valence-electron chi connectivity index (χ2n) is 9.94. The van der Waals surface area contributed by atoms with Crippen molar-refractivity contribution in [3.8, 4) is 0 Å². The van der Waals surface area contributed by atoms with Crippen molar-refractivity contribution in [2.75, 3.05) is 38.2 Å². The van der Waals surface area contributed by atoms with E-state index in [1.807, 2.05) is 30.3 Å². The van der Waals surface area contributed by atoms with Gasteiger partial charge in [0.1, 0.15) is 0 Å². The van der Waals surface area contributed by atoms with E-state index in [1.165, 1.54) is 18.4 Å². The molecule has 5 rings (SSSR count). The number of allylic oxidation sites excluding steroid dienone is 1. The first-order chi connectivity index (χ1) is 14.4. The summed E-state index contributed by atoms with van der Waals surface area (Å²) in [6, 6.07) is 9.61. The van der Waals surface area contributed by atoms with Gasteiger partial charge in [0, 0.05) is 18.8 Å². The quantitative estimate of drug-likeness (QED) is 0.639. The Labute approximate surface area is 180 Å². The summed E-state index contributed by atoms with van der Waals surface area (Å²) in [6.07, 6.45) is 6.18. The highest BCUT2D eigenvalue weighted by molar-refractivity contribution is 5.92. The van der Waals surface area contributed by atoms with Crippen molar-refractivity contribution in [3.63, 3.8) is 0 Å². The fourth-order valence-electron chi connectivity index (χ4n) is 5.51. The molecule has 2 N–H and O–H groups in total. The van der Waals surface area contributed by atoms with Crippen LogP contribution in [0.3, 0.4) is 0 Å². The van der Waals surface area contributed by atoms with E-state index in [2.05, 4.69) is 30.1 Å². The largest absolute Gasteiger partial charge is 0.389 e. The van der Waals surface area contributed by atoms with Crippen molar-refractivity contribution in [1.29, 1.82) is 0 Å². The molecule has 1 amide bonds. The SMILES string of the molecule is CC1(C)C2CC=C(COCC(O)CN3CCCC(C(=O)Nc4ccccc4)C3)C1C2. The van der Waals surface area contributed by atoms with Gasteiger partial charge in [-0.3, -0.25) is 9.69 Å². The number of nitrogens with zero attached hydrogens (tertiary/aromatic N) is 1. The molecule has 1 aliphatic heterocycles. The molecule has 4 atom stereocenters. The molecular weight excluding hydrogens is 376 g/mol. The Kier molecular flexibility index (Phi) is 6.61. The van der Waals surface area contributed by atoms with E-state index < -0.39 is 6.10 Å². The number of nitrogens with one attached hydrogen (secondary N) is 1. The third-order valence-electron chi connectivity index (χ3n) is 7.55. The second kappa shape index (κ2) is 9.21. The van der Waals surface area contributed by atoms with Gasteiger partial charge < -0.3 is 15.2 Å². The minimum absolute atomic E-state index is 0.0340. The van der Waals surface area contributed by atoms with Gasteiger partial charge in [-0.25, -0.2) is 0 Å². The van der Waals surface area contributed by atoms with Crippen LogP contribution in [0.25, 0.3) is 0 Å². The van der Waals surface area contributed by atoms with Gasteiger partial charge in [-0.2, -0.15) is 0 Å². The number of hydrogen-bond acceptors (Lipinski definition) is 4. The van der Waals surface area contributed by atoms with Crippen molar-refractivity contribution in [3.05, 3.63) is 42.0 Å². The van der Waals surface area contributed by atoms with E-state index >= 15 is 0 Å². The van der Waals surface area contributed by atoms with Crippen molar-refractivity contribution in [2.24, 2.45) is 23.2 Å². The van der Waals surface area contributed by atoms with Crippen LogP contribution in [-0.4, -0.2) is 54.9 Å². The van der Waals surface area contributed by atoms with Crippen molar-refractivity contribution >= 4 is 11.6 Å². The summed E-state index contributed by atoms with van der Waals surface area (Å²) in [7, 11) is 0. The van der Waals surface area contributed by atoms with Gasteiger partial charge in [0.15, 0.2) is 0 Å². The molecule has 3 aliphatic carbocycles. The number of anilines is 1. The third kappa shape index (κ3) is 4.79. The number of carbonyl (C=O) groups is 1. The van der Waals surface area contributed by atoms with Crippen molar-refractivity contribution in [1.82, 2.24) is 4.90 Å². The number of likely N-dealkylation sites (tertiary alicyclic amines) is 1. The van der Waals surface area contributed by atoms with Gasteiger partial charge in [-0.1, -0.05) is 38.1 Å². The molecule has 0 radical (unpaired) electrons. The monoisotopic (exact) mass is 412 g/mol. The van der Waals surface area contributed by atoms with Crippen LogP contribution in [0.15, 0.2) is 42.0 Å². The maximum atomic E-state index is 12.6. The van der Waals surface area contributed by atoms with E-state index in [-0.39, 0.29) is 11.8 Å². The van der Waals surface area contributed by atoms with Gasteiger partial charge in [-0.05, 0) is 67.2 Å². The Morgan fingerprint density at radius 3 is 2.87 bits per heavy atom. The normalized spacial score (nSPS) is 28.9. The zero-order valence-corrected chi connectivity index (χ0v) is 18.3. The lowest BCUT2D eigenvalue weighted by molar-refractivity contribution is -0.121. The average Bonchev–Trinajstić information content (AvgIpc) is 2.74. The zero-order valence-electron chi connectivity index (χ0n) is 18.3. The minimum atomic E-state index is -0.521. The van der Waals surface area contributed by atoms with E-state index in [9.17, 15) is 9.90 Å². The highest BCUT2D eigenvalue weighted by Crippen LogP contribution is 2.59. The molecule has 5 heteroatoms. The van der Waals surface area contributed by atoms with Crippen LogP contribution in [0.1, 0.15) is 39.5 Å². The van der Waals surface area contributed by atoms with Crippen LogP contribution in [0.2, 0.25) is 0 Å². The summed E-state index contributed by atoms with van der Waals surface area (Å²) < 4.78 is 5.89. The Bertz CT molecular complexity index is 761. The standard InChI is InChI=1S/C25H36N2O3/c1-25(2)20-11-10-19(23(25)13-20)16-30-17-22(28)15-27-12-6-7-18(14-27)24(29)26-21-8-4-3-5-9-21/h3-5,8-10,18,20,22-23,28H,6-7,11-17H2,1-2H3,(H,26,29). The summed E-state index contributed by atoms with van der Waals surface area (Å²) in [6.45, 7) is 7.91. The molecule has 1 saturated carbocycles. The molecule has 2 bridgehead atoms. The molecule has 5 nitrogen and oxygen atoms in total. The highest BCUT2D eigenvalue weighted by atomic mass is 16.5. The molecular formula is C25H36N2O3. The summed E-state index contributed by atoms with van der Waals surface area (Å²) in [4.78, 5) is 14.8. The molecule has 1 heterocycles. The first-order valence-electron chi connectivity index (χ1n) is 11.5. The molecule has 0 aromatic heterocycles. The van der Waals surface area contributed by atoms with Gasteiger partial charge in [0.2, 0.25) is 5.91 Å². The van der Waals surface area contributed by atoms with E-state index in [0.717, 1.165) is 31.0 Å². The van der Waals surface area contributed by atoms with Crippen molar-refractivity contribution in [2.45, 2.75) is 45.6 Å². The van der Waals surface area contributed by atoms with Crippen LogP contribution in [0.5, 0.6) is 0 Å². The molecule has 1 aromatic carbocycles. The van der Waals surface area contributed by atoms with Crippen LogP contribution in [0, 0.1) is 23.2 Å². The molecule has 1 saturated heterocycles. The lowest BCUT2D eigenvalue weighted by Gasteiger charge is -2.56. The predicted molar refractivity (Wildman–Crippen MR) is 119 cm³/mol. The average molecular weight is 413 g/mol. The smallest absolute Gasteiger partial charge is 0.228 e. The van der Waals surface area contributed by atoms with Gasteiger partial charge in [0.25, 0.3) is 0 Å². The number of rotatable bonds is 8. The van der Waals surface area contributed by atoms with Gasteiger partial charge in [-0.15, -0.1) is 0 Å². The van der Waals surface area contributed by atoms with Gasteiger partial charge >= 0.3 is 0 Å². The maximum Gasteiger partial charge on any atom is 0.228 e. The fraction of sp³-hybridized carbons (Fsp3) is 0.640. The Hall–Kier alpha value is -1.69. The number of hydrogen-bond donors (Lipinski definition) is 2. The topological polar surface area (TPSA) is 61.8 Å². The van der Waals surface area contributed by atoms with Crippen LogP contribution >= 0.6 is 0 Å². The molecule has 30 heavy (non-hydrogen) atoms. The minimum Gasteiger partial charge on any atom is -0.389 e. The summed E-state index contributed by atoms with van der Waals surface area (Å²) in [5.74, 6) is 1.53. The zero-order chi connectivity index (χ0) is 21.1. The molecule has 4 unspecified atom stereocenters. The molecule has 2 fully saturated rings. The van der Waals surface area contributed by atoms with Crippen LogP contribution in [-0.2, 0) is 9.53 Å². The number of aliphatic hydroxyl groups is 1. The predicted octanol–water partition coefficient (Wildman–Crippen LogP) is 3.71. The number of amides is 1. The number of ether oxygens (including phenoxy) is 1. The van der Waals surface area contributed by atoms with E-state index in [1.54, 1.807) is 0 Å². The summed E-state index contributed by atoms with van der Waals surface area (Å²) >= 11 is 0. The lowest BCUT2D eigenvalue weighted by atomic mass is 9.49. The Morgan fingerprint density at radius 1 is 1.33 bits per heavy atom. The first kappa shape index (κ1) is 21.5. The number of benzene rings is 1. The maximum absolute atomic E-state index is 12.6. The summed E-state index contributed by atoms with van der Waals surface area (Å²) in [5.41, 5.74) is 2.67. The molecule has 164 valence electrons. The molecule has 4 aliphatic rings. The van der Waals surface area contributed by atoms with Gasteiger partial charge in [0.05, 0.1) is 25.2 Å². The van der Waals surface area contributed by atoms with Crippen LogP contribution < -0.4 is 5.32 Å². The number of para-hydroxylation sites is 1. The van der Waals surface area contributed by atoms with E-state index in [0.29, 0.717) is 37.6 Å². The number of aliphatic hydroxyl groups excluding tert-OH is 1. The second-order valence-corrected chi connectivity index (χ2v) is 9.94. The molecule has 1 aromatic rings. The van der Waals surface area contributed by atoms with Crippen LogP contribution in [0.4, 0.5) is 5.69 Å². The first-order valence-corrected chi connectivity index (χ1v) is 11.5.